The van der Waals surface area contributed by atoms with E-state index in [2.05, 4.69) is 4.72 Å². The lowest BCUT2D eigenvalue weighted by Crippen LogP contribution is -2.35. The zero-order chi connectivity index (χ0) is 13.2. The number of rotatable bonds is 6. The molecule has 1 fully saturated rings. The molecule has 1 aromatic rings. The van der Waals surface area contributed by atoms with Gasteiger partial charge in [0.25, 0.3) is 0 Å². The fourth-order valence-corrected chi connectivity index (χ4v) is 3.65. The molecule has 1 saturated carbocycles. The van der Waals surface area contributed by atoms with E-state index in [0.29, 0.717) is 12.5 Å². The fourth-order valence-electron chi connectivity index (χ4n) is 2.12. The Hall–Kier alpha value is -0.910. The first-order valence-corrected chi connectivity index (χ1v) is 7.94. The summed E-state index contributed by atoms with van der Waals surface area (Å²) < 4.78 is 26.9. The second-order valence-electron chi connectivity index (χ2n) is 4.98. The van der Waals surface area contributed by atoms with E-state index in [4.69, 9.17) is 5.73 Å². The molecule has 100 valence electrons. The van der Waals surface area contributed by atoms with Crippen molar-refractivity contribution in [1.82, 2.24) is 4.72 Å². The summed E-state index contributed by atoms with van der Waals surface area (Å²) in [7, 11) is -3.28. The maximum absolute atomic E-state index is 12.1. The van der Waals surface area contributed by atoms with Gasteiger partial charge in [-0.15, -0.1) is 0 Å². The van der Waals surface area contributed by atoms with Gasteiger partial charge in [0.1, 0.15) is 0 Å². The van der Waals surface area contributed by atoms with Crippen molar-refractivity contribution < 1.29 is 8.42 Å². The Morgan fingerprint density at radius 1 is 1.33 bits per heavy atom. The molecule has 1 aliphatic carbocycles. The Bertz CT molecular complexity index is 509. The summed E-state index contributed by atoms with van der Waals surface area (Å²) in [5.41, 5.74) is 7.29. The molecule has 0 amide bonds. The molecule has 18 heavy (non-hydrogen) atoms. The molecule has 0 aromatic heterocycles. The highest BCUT2D eigenvalue weighted by atomic mass is 32.2. The predicted octanol–water partition coefficient (Wildman–Crippen LogP) is 1.36. The number of hydrogen-bond acceptors (Lipinski definition) is 3. The first kappa shape index (κ1) is 13.5. The lowest BCUT2D eigenvalue weighted by atomic mass is 10.1. The van der Waals surface area contributed by atoms with E-state index in [-0.39, 0.29) is 11.8 Å². The van der Waals surface area contributed by atoms with Crippen LogP contribution in [0.25, 0.3) is 0 Å². The lowest BCUT2D eigenvalue weighted by Gasteiger charge is -2.14. The van der Waals surface area contributed by atoms with E-state index in [1.807, 2.05) is 31.2 Å². The third-order valence-electron chi connectivity index (χ3n) is 3.38. The molecule has 0 radical (unpaired) electrons. The molecule has 1 atom stereocenters. The van der Waals surface area contributed by atoms with Crippen molar-refractivity contribution in [3.05, 3.63) is 35.4 Å². The van der Waals surface area contributed by atoms with Crippen LogP contribution in [0.5, 0.6) is 0 Å². The van der Waals surface area contributed by atoms with Crippen LogP contribution < -0.4 is 10.5 Å². The summed E-state index contributed by atoms with van der Waals surface area (Å²) in [6, 6.07) is 7.45. The molecule has 3 N–H and O–H groups in total. The van der Waals surface area contributed by atoms with Crippen LogP contribution in [0, 0.1) is 5.92 Å². The molecule has 4 nitrogen and oxygen atoms in total. The van der Waals surface area contributed by atoms with Gasteiger partial charge in [0, 0.05) is 12.6 Å². The molecule has 0 spiro atoms. The van der Waals surface area contributed by atoms with E-state index in [0.717, 1.165) is 24.0 Å². The lowest BCUT2D eigenvalue weighted by molar-refractivity contribution is 0.537. The monoisotopic (exact) mass is 268 g/mol. The van der Waals surface area contributed by atoms with Gasteiger partial charge in [-0.2, -0.15) is 0 Å². The van der Waals surface area contributed by atoms with Crippen LogP contribution in [-0.2, 0) is 22.3 Å². The minimum Gasteiger partial charge on any atom is -0.326 e. The number of benzene rings is 1. The normalized spacial score (nSPS) is 17.7. The average molecular weight is 268 g/mol. The standard InChI is InChI=1S/C13H20N2O2S/c1-10(11-6-7-11)15-18(16,17)9-13-5-3-2-4-12(13)8-14/h2-5,10-11,15H,6-9,14H2,1H3. The van der Waals surface area contributed by atoms with E-state index < -0.39 is 10.0 Å². The van der Waals surface area contributed by atoms with Gasteiger partial charge in [-0.3, -0.25) is 0 Å². The first-order valence-electron chi connectivity index (χ1n) is 6.28. The second-order valence-corrected chi connectivity index (χ2v) is 6.73. The van der Waals surface area contributed by atoms with Gasteiger partial charge in [-0.25, -0.2) is 13.1 Å². The molecular formula is C13H20N2O2S. The molecule has 1 aliphatic rings. The van der Waals surface area contributed by atoms with Crippen molar-refractivity contribution in [3.63, 3.8) is 0 Å². The highest BCUT2D eigenvalue weighted by molar-refractivity contribution is 7.88. The molecular weight excluding hydrogens is 248 g/mol. The van der Waals surface area contributed by atoms with Crippen molar-refractivity contribution in [3.8, 4) is 0 Å². The smallest absolute Gasteiger partial charge is 0.216 e. The van der Waals surface area contributed by atoms with E-state index in [9.17, 15) is 8.42 Å². The summed E-state index contributed by atoms with van der Waals surface area (Å²) in [5, 5.41) is 0. The Morgan fingerprint density at radius 3 is 2.50 bits per heavy atom. The summed E-state index contributed by atoms with van der Waals surface area (Å²) in [6.07, 6.45) is 2.26. The highest BCUT2D eigenvalue weighted by Gasteiger charge is 2.30. The second kappa shape index (κ2) is 5.38. The summed E-state index contributed by atoms with van der Waals surface area (Å²) in [5.74, 6) is 0.529. The van der Waals surface area contributed by atoms with Gasteiger partial charge in [0.05, 0.1) is 5.75 Å². The van der Waals surface area contributed by atoms with Crippen molar-refractivity contribution in [1.29, 1.82) is 0 Å². The van der Waals surface area contributed by atoms with Crippen LogP contribution in [0.1, 0.15) is 30.9 Å². The van der Waals surface area contributed by atoms with Gasteiger partial charge in [-0.1, -0.05) is 24.3 Å². The number of hydrogen-bond donors (Lipinski definition) is 2. The molecule has 0 aliphatic heterocycles. The number of nitrogens with one attached hydrogen (secondary N) is 1. The SMILES string of the molecule is CC(NS(=O)(=O)Cc1ccccc1CN)C1CC1. The topological polar surface area (TPSA) is 72.2 Å². The first-order chi connectivity index (χ1) is 8.52. The van der Waals surface area contributed by atoms with Gasteiger partial charge in [0.15, 0.2) is 0 Å². The molecule has 0 saturated heterocycles. The third kappa shape index (κ3) is 3.54. The van der Waals surface area contributed by atoms with E-state index in [1.165, 1.54) is 0 Å². The largest absolute Gasteiger partial charge is 0.326 e. The zero-order valence-electron chi connectivity index (χ0n) is 10.6. The number of sulfonamides is 1. The highest BCUT2D eigenvalue weighted by Crippen LogP contribution is 2.32. The summed E-state index contributed by atoms with van der Waals surface area (Å²) in [6.45, 7) is 2.30. The summed E-state index contributed by atoms with van der Waals surface area (Å²) in [4.78, 5) is 0. The molecule has 0 bridgehead atoms. The third-order valence-corrected chi connectivity index (χ3v) is 4.80. The van der Waals surface area contributed by atoms with Crippen LogP contribution in [0.2, 0.25) is 0 Å². The number of nitrogens with two attached hydrogens (primary N) is 1. The van der Waals surface area contributed by atoms with E-state index in [1.54, 1.807) is 0 Å². The molecule has 2 rings (SSSR count). The maximum atomic E-state index is 12.1. The summed E-state index contributed by atoms with van der Waals surface area (Å²) >= 11 is 0. The van der Waals surface area contributed by atoms with Gasteiger partial charge < -0.3 is 5.73 Å². The Morgan fingerprint density at radius 2 is 1.94 bits per heavy atom. The fraction of sp³-hybridized carbons (Fsp3) is 0.538. The van der Waals surface area contributed by atoms with Crippen LogP contribution in [0.15, 0.2) is 24.3 Å². The predicted molar refractivity (Wildman–Crippen MR) is 72.3 cm³/mol. The molecule has 1 aromatic carbocycles. The Labute approximate surface area is 109 Å². The molecule has 5 heteroatoms. The van der Waals surface area contributed by atoms with Crippen molar-refractivity contribution in [2.24, 2.45) is 11.7 Å². The Balaban J connectivity index is 2.06. The van der Waals surface area contributed by atoms with Crippen LogP contribution >= 0.6 is 0 Å². The van der Waals surface area contributed by atoms with Crippen molar-refractivity contribution in [2.75, 3.05) is 0 Å². The van der Waals surface area contributed by atoms with Crippen LogP contribution in [0.4, 0.5) is 0 Å². The Kier molecular flexibility index (Phi) is 4.04. The van der Waals surface area contributed by atoms with E-state index >= 15 is 0 Å². The van der Waals surface area contributed by atoms with Gasteiger partial charge in [-0.05, 0) is 36.8 Å². The van der Waals surface area contributed by atoms with Crippen molar-refractivity contribution in [2.45, 2.75) is 38.1 Å². The van der Waals surface area contributed by atoms with Gasteiger partial charge >= 0.3 is 0 Å². The minimum absolute atomic E-state index is 0.0113. The maximum Gasteiger partial charge on any atom is 0.216 e. The molecule has 0 heterocycles. The average Bonchev–Trinajstić information content (AvgIpc) is 3.12. The zero-order valence-corrected chi connectivity index (χ0v) is 11.4. The van der Waals surface area contributed by atoms with Crippen molar-refractivity contribution >= 4 is 10.0 Å². The minimum atomic E-state index is -3.28. The van der Waals surface area contributed by atoms with Crippen LogP contribution in [0.3, 0.4) is 0 Å². The quantitative estimate of drug-likeness (QED) is 0.818. The van der Waals surface area contributed by atoms with Crippen LogP contribution in [-0.4, -0.2) is 14.5 Å². The molecule has 1 unspecified atom stereocenters. The van der Waals surface area contributed by atoms with Gasteiger partial charge in [0.2, 0.25) is 10.0 Å².